The molecule has 1 atom stereocenters. The zero-order chi connectivity index (χ0) is 25.9. The van der Waals surface area contributed by atoms with Gasteiger partial charge in [-0.3, -0.25) is 0 Å². The summed E-state index contributed by atoms with van der Waals surface area (Å²) in [6, 6.07) is 17.8. The Morgan fingerprint density at radius 3 is 1.49 bits per heavy atom. The van der Waals surface area contributed by atoms with Gasteiger partial charge in [-0.2, -0.15) is 0 Å². The Balaban J connectivity index is 2.34. The number of hydrogen-bond acceptors (Lipinski definition) is 6. The molecule has 0 aromatic heterocycles. The molecule has 3 aromatic carbocycles. The lowest BCUT2D eigenvalue weighted by molar-refractivity contribution is 0.0481. The summed E-state index contributed by atoms with van der Waals surface area (Å²) in [5.74, 6) is 0. The van der Waals surface area contributed by atoms with Crippen molar-refractivity contribution >= 4 is 25.8 Å². The third-order valence-electron chi connectivity index (χ3n) is 4.98. The number of hydrogen-bond donors (Lipinski definition) is 1. The van der Waals surface area contributed by atoms with E-state index >= 15 is 4.39 Å². The monoisotopic (exact) mass is 519 g/mol. The fourth-order valence-corrected chi connectivity index (χ4v) is 7.83. The van der Waals surface area contributed by atoms with Gasteiger partial charge in [-0.05, 0) is 50.6 Å². The van der Waals surface area contributed by atoms with Crippen LogP contribution < -0.4 is 5.32 Å². The number of alkyl halides is 1. The summed E-state index contributed by atoms with van der Waals surface area (Å²) in [5, 5.41) is 2.19. The Morgan fingerprint density at radius 2 is 1.11 bits per heavy atom. The van der Waals surface area contributed by atoms with Gasteiger partial charge in [0, 0.05) is 0 Å². The summed E-state index contributed by atoms with van der Waals surface area (Å²) in [7, 11) is -10.5. The summed E-state index contributed by atoms with van der Waals surface area (Å²) in [6.07, 6.45) is -1.18. The second-order valence-corrected chi connectivity index (χ2v) is 13.1. The molecule has 0 spiro atoms. The van der Waals surface area contributed by atoms with Gasteiger partial charge < -0.3 is 10.1 Å². The molecule has 35 heavy (non-hydrogen) atoms. The maximum Gasteiger partial charge on any atom is 0.408 e. The van der Waals surface area contributed by atoms with Crippen molar-refractivity contribution in [3.8, 4) is 0 Å². The van der Waals surface area contributed by atoms with Gasteiger partial charge in [0.15, 0.2) is 0 Å². The number of benzene rings is 3. The Hall–Kier alpha value is -3.24. The first kappa shape index (κ1) is 26.4. The lowest BCUT2D eigenvalue weighted by atomic mass is 10.1. The van der Waals surface area contributed by atoms with E-state index in [0.717, 1.165) is 24.3 Å². The van der Waals surface area contributed by atoms with E-state index in [1.165, 1.54) is 60.7 Å². The highest BCUT2D eigenvalue weighted by atomic mass is 32.3. The van der Waals surface area contributed by atoms with Gasteiger partial charge in [0.2, 0.25) is 19.7 Å². The van der Waals surface area contributed by atoms with Crippen molar-refractivity contribution in [2.24, 2.45) is 0 Å². The van der Waals surface area contributed by atoms with Crippen LogP contribution in [0.5, 0.6) is 0 Å². The molecule has 3 rings (SSSR count). The molecule has 7 nitrogen and oxygen atoms in total. The van der Waals surface area contributed by atoms with E-state index in [9.17, 15) is 21.6 Å². The SMILES string of the molecule is CC(C)(C)OC(=O)N[C@@H](c1ccccc1)C(F)(S(=O)(=O)c1ccccc1)S(=O)(=O)c1ccccc1. The van der Waals surface area contributed by atoms with Crippen molar-refractivity contribution in [3.63, 3.8) is 0 Å². The van der Waals surface area contributed by atoms with Crippen LogP contribution in [0, 0.1) is 0 Å². The fourth-order valence-electron chi connectivity index (χ4n) is 3.41. The third-order valence-corrected chi connectivity index (χ3v) is 10.0. The molecule has 186 valence electrons. The fraction of sp³-hybridized carbons (Fsp3) is 0.240. The first-order valence-electron chi connectivity index (χ1n) is 10.6. The predicted octanol–water partition coefficient (Wildman–Crippen LogP) is 4.82. The average molecular weight is 520 g/mol. The largest absolute Gasteiger partial charge is 0.444 e. The van der Waals surface area contributed by atoms with Crippen LogP contribution in [0.2, 0.25) is 0 Å². The van der Waals surface area contributed by atoms with E-state index in [2.05, 4.69) is 5.32 Å². The number of nitrogens with one attached hydrogen (secondary N) is 1. The van der Waals surface area contributed by atoms with Crippen LogP contribution in [0.3, 0.4) is 0 Å². The molecule has 0 unspecified atom stereocenters. The van der Waals surface area contributed by atoms with Gasteiger partial charge >= 0.3 is 10.4 Å². The van der Waals surface area contributed by atoms with Crippen LogP contribution in [0.25, 0.3) is 0 Å². The van der Waals surface area contributed by atoms with Crippen molar-refractivity contribution in [1.29, 1.82) is 0 Å². The average Bonchev–Trinajstić information content (AvgIpc) is 2.82. The van der Waals surface area contributed by atoms with Crippen molar-refractivity contribution in [2.75, 3.05) is 0 Å². The Bertz CT molecular complexity index is 1300. The maximum atomic E-state index is 17.4. The summed E-state index contributed by atoms with van der Waals surface area (Å²) in [5.41, 5.74) is -1.10. The van der Waals surface area contributed by atoms with E-state index in [4.69, 9.17) is 4.74 Å². The Morgan fingerprint density at radius 1 is 0.743 bits per heavy atom. The standard InChI is InChI=1S/C25H26FNO6S2/c1-24(2,3)33-23(28)27-22(19-13-7-4-8-14-19)25(26,34(29,30)20-15-9-5-10-16-20)35(31,32)21-17-11-6-12-18-21/h4-18,22H,1-3H3,(H,27,28)/t22-/m0/s1. The molecular weight excluding hydrogens is 493 g/mol. The summed E-state index contributed by atoms with van der Waals surface area (Å²) >= 11 is 0. The van der Waals surface area contributed by atoms with Crippen LogP contribution in [0.15, 0.2) is 101 Å². The topological polar surface area (TPSA) is 107 Å². The van der Waals surface area contributed by atoms with Gasteiger partial charge in [0.05, 0.1) is 9.79 Å². The van der Waals surface area contributed by atoms with Crippen molar-refractivity contribution in [1.82, 2.24) is 5.32 Å². The molecule has 0 heterocycles. The highest BCUT2D eigenvalue weighted by Crippen LogP contribution is 2.46. The van der Waals surface area contributed by atoms with E-state index < -0.39 is 51.5 Å². The number of carbonyl (C=O) groups excluding carboxylic acids is 1. The van der Waals surface area contributed by atoms with Crippen LogP contribution in [-0.4, -0.2) is 32.9 Å². The number of ether oxygens (including phenoxy) is 1. The van der Waals surface area contributed by atoms with Crippen LogP contribution >= 0.6 is 0 Å². The van der Waals surface area contributed by atoms with E-state index in [-0.39, 0.29) is 5.56 Å². The highest BCUT2D eigenvalue weighted by Gasteiger charge is 2.63. The molecule has 0 aliphatic carbocycles. The van der Waals surface area contributed by atoms with Gasteiger partial charge in [-0.25, -0.2) is 26.0 Å². The van der Waals surface area contributed by atoms with Gasteiger partial charge in [0.1, 0.15) is 11.6 Å². The molecule has 0 fully saturated rings. The van der Waals surface area contributed by atoms with Gasteiger partial charge in [-0.1, -0.05) is 66.7 Å². The smallest absolute Gasteiger partial charge is 0.408 e. The summed E-state index contributed by atoms with van der Waals surface area (Å²) in [4.78, 5) is 11.6. The first-order chi connectivity index (χ1) is 16.3. The summed E-state index contributed by atoms with van der Waals surface area (Å²) in [6.45, 7) is 4.69. The van der Waals surface area contributed by atoms with Crippen LogP contribution in [-0.2, 0) is 24.4 Å². The zero-order valence-corrected chi connectivity index (χ0v) is 21.0. The Kier molecular flexibility index (Phi) is 7.37. The lowest BCUT2D eigenvalue weighted by Gasteiger charge is -2.34. The minimum absolute atomic E-state index is 0.0835. The van der Waals surface area contributed by atoms with Crippen LogP contribution in [0.4, 0.5) is 9.18 Å². The number of amides is 1. The normalized spacial score (nSPS) is 13.6. The highest BCUT2D eigenvalue weighted by molar-refractivity contribution is 8.10. The molecule has 0 saturated heterocycles. The number of alkyl carbamates (subject to hydrolysis) is 1. The van der Waals surface area contributed by atoms with E-state index in [0.29, 0.717) is 0 Å². The molecular formula is C25H26FNO6S2. The molecule has 0 bridgehead atoms. The quantitative estimate of drug-likeness (QED) is 0.480. The molecule has 10 heteroatoms. The Labute approximate surface area is 204 Å². The molecule has 0 radical (unpaired) electrons. The minimum Gasteiger partial charge on any atom is -0.444 e. The molecule has 3 aromatic rings. The molecule has 0 aliphatic rings. The van der Waals surface area contributed by atoms with Crippen LogP contribution in [0.1, 0.15) is 32.4 Å². The maximum absolute atomic E-state index is 17.4. The van der Waals surface area contributed by atoms with Crippen molar-refractivity contribution in [2.45, 2.75) is 46.5 Å². The predicted molar refractivity (Wildman–Crippen MR) is 130 cm³/mol. The number of carbonyl (C=O) groups is 1. The summed E-state index contributed by atoms with van der Waals surface area (Å²) < 4.78 is 73.8. The number of sulfone groups is 2. The first-order valence-corrected chi connectivity index (χ1v) is 13.6. The molecule has 1 amide bonds. The third kappa shape index (κ3) is 5.23. The second kappa shape index (κ2) is 9.79. The minimum atomic E-state index is -5.27. The van der Waals surface area contributed by atoms with Crippen molar-refractivity contribution in [3.05, 3.63) is 96.6 Å². The van der Waals surface area contributed by atoms with Crippen molar-refractivity contribution < 1.29 is 30.8 Å². The lowest BCUT2D eigenvalue weighted by Crippen LogP contribution is -2.54. The molecule has 0 saturated carbocycles. The van der Waals surface area contributed by atoms with Gasteiger partial charge in [0.25, 0.3) is 0 Å². The number of rotatable bonds is 7. The molecule has 0 aliphatic heterocycles. The number of halogens is 1. The van der Waals surface area contributed by atoms with E-state index in [1.807, 2.05) is 0 Å². The molecule has 1 N–H and O–H groups in total. The zero-order valence-electron chi connectivity index (χ0n) is 19.4. The van der Waals surface area contributed by atoms with E-state index in [1.54, 1.807) is 26.8 Å². The second-order valence-electron chi connectivity index (χ2n) is 8.71. The van der Waals surface area contributed by atoms with Gasteiger partial charge in [-0.15, -0.1) is 0 Å².